The standard InChI is InChI=1S/C41H65BN6O9S2/c1-27(9-7-8-14-49)19-30(4)57-39(53)22-31(20-28(2)33-25-59-38(46-33)23-32(50)21-29(3)42)45-24-37(52)44-13-16-56-18-17-55-15-12-43-36(51)11-6-5-10-35-40-34(26-58-35)47-41(54)48-40/h7-9,14,21,25,28,30-32,34-35,40,45,50H,5-6,10-13,15-20,22-24,26,42H2,1-4H3,(H,43,51)(H,44,52)(H2,47,48,54)/b8-7-,27-9+,29-21+/t28-,30?,31+,32?,34-,35?,40-/m0/s1. The quantitative estimate of drug-likeness (QED) is 0.0126. The maximum Gasteiger partial charge on any atom is 0.315 e. The van der Waals surface area contributed by atoms with Gasteiger partial charge in [0.2, 0.25) is 11.8 Å². The van der Waals surface area contributed by atoms with E-state index in [1.54, 1.807) is 18.2 Å². The average Bonchev–Trinajstić information content (AvgIpc) is 3.89. The molecule has 1 aromatic rings. The molecule has 0 saturated carbocycles. The number of amides is 4. The highest BCUT2D eigenvalue weighted by molar-refractivity contribution is 8.00. The summed E-state index contributed by atoms with van der Waals surface area (Å²) in [5, 5.41) is 28.4. The molecule has 328 valence electrons. The van der Waals surface area contributed by atoms with Crippen LogP contribution in [0.5, 0.6) is 0 Å². The summed E-state index contributed by atoms with van der Waals surface area (Å²) >= 11 is 3.37. The number of esters is 1. The molecule has 2 aliphatic rings. The Morgan fingerprint density at radius 3 is 2.47 bits per heavy atom. The number of hydrogen-bond donors (Lipinski definition) is 6. The van der Waals surface area contributed by atoms with Crippen LogP contribution in [0.3, 0.4) is 0 Å². The maximum atomic E-state index is 13.0. The van der Waals surface area contributed by atoms with Crippen LogP contribution >= 0.6 is 23.1 Å². The van der Waals surface area contributed by atoms with Gasteiger partial charge in [-0.15, -0.1) is 16.8 Å². The molecule has 2 aliphatic heterocycles. The summed E-state index contributed by atoms with van der Waals surface area (Å²) in [5.41, 5.74) is 2.86. The topological polar surface area (TPSA) is 206 Å². The van der Waals surface area contributed by atoms with Gasteiger partial charge in [0.05, 0.1) is 68.3 Å². The van der Waals surface area contributed by atoms with E-state index in [0.717, 1.165) is 46.8 Å². The molecule has 7 atom stereocenters. The molecule has 3 rings (SSSR count). The molecular formula is C41H65BN6O9S2. The fraction of sp³-hybridized carbons (Fsp3) is 0.659. The van der Waals surface area contributed by atoms with E-state index in [0.29, 0.717) is 76.7 Å². The van der Waals surface area contributed by atoms with Crippen molar-refractivity contribution >= 4 is 61.0 Å². The number of aliphatic hydroxyl groups is 1. The van der Waals surface area contributed by atoms with Crippen LogP contribution in [-0.4, -0.2) is 135 Å². The fourth-order valence-corrected chi connectivity index (χ4v) is 9.38. The molecule has 6 N–H and O–H groups in total. The van der Waals surface area contributed by atoms with Crippen LogP contribution in [0.25, 0.3) is 0 Å². The normalized spacial score (nSPS) is 20.0. The highest BCUT2D eigenvalue weighted by Gasteiger charge is 2.42. The predicted molar refractivity (Wildman–Crippen MR) is 234 cm³/mol. The minimum atomic E-state index is -0.608. The number of urea groups is 1. The number of unbranched alkanes of at least 4 members (excludes halogenated alkanes) is 1. The number of aromatic nitrogens is 1. The van der Waals surface area contributed by atoms with Crippen LogP contribution in [0, 0.1) is 0 Å². The van der Waals surface area contributed by atoms with Gasteiger partial charge in [0.1, 0.15) is 20.2 Å². The van der Waals surface area contributed by atoms with Crippen LogP contribution in [0.15, 0.2) is 40.7 Å². The van der Waals surface area contributed by atoms with Gasteiger partial charge in [-0.05, 0) is 39.2 Å². The van der Waals surface area contributed by atoms with Gasteiger partial charge in [-0.2, -0.15) is 11.8 Å². The third-order valence-corrected chi connectivity index (χ3v) is 12.1. The van der Waals surface area contributed by atoms with Gasteiger partial charge in [0.25, 0.3) is 0 Å². The molecule has 59 heavy (non-hydrogen) atoms. The van der Waals surface area contributed by atoms with Crippen molar-refractivity contribution in [3.8, 4) is 0 Å². The van der Waals surface area contributed by atoms with E-state index in [1.807, 2.05) is 52.7 Å². The first kappa shape index (κ1) is 49.8. The molecule has 4 amide bonds. The molecule has 0 spiro atoms. The van der Waals surface area contributed by atoms with Crippen molar-refractivity contribution in [2.24, 2.45) is 0 Å². The third kappa shape index (κ3) is 21.0. The monoisotopic (exact) mass is 860 g/mol. The molecule has 0 aromatic carbocycles. The van der Waals surface area contributed by atoms with Crippen molar-refractivity contribution in [3.05, 3.63) is 51.4 Å². The molecule has 2 saturated heterocycles. The van der Waals surface area contributed by atoms with Gasteiger partial charge >= 0.3 is 12.0 Å². The number of allylic oxidation sites excluding steroid dienone is 4. The summed E-state index contributed by atoms with van der Waals surface area (Å²) in [7, 11) is 1.94. The number of nitrogens with one attached hydrogen (secondary N) is 5. The van der Waals surface area contributed by atoms with E-state index in [4.69, 9.17) is 19.2 Å². The highest BCUT2D eigenvalue weighted by atomic mass is 32.2. The number of aliphatic hydroxyl groups excluding tert-OH is 1. The minimum absolute atomic E-state index is 0.000469. The lowest BCUT2D eigenvalue weighted by Gasteiger charge is -2.22. The number of ether oxygens (including phenoxy) is 3. The van der Waals surface area contributed by atoms with Crippen LogP contribution in [0.2, 0.25) is 0 Å². The second kappa shape index (κ2) is 28.1. The number of rotatable bonds is 30. The molecular weight excluding hydrogens is 795 g/mol. The Kier molecular flexibility index (Phi) is 23.7. The second-order valence-electron chi connectivity index (χ2n) is 15.4. The van der Waals surface area contributed by atoms with Crippen LogP contribution in [-0.2, 0) is 39.8 Å². The second-order valence-corrected chi connectivity index (χ2v) is 17.6. The van der Waals surface area contributed by atoms with Gasteiger partial charge in [-0.1, -0.05) is 44.1 Å². The number of thiazole rings is 1. The first-order valence-electron chi connectivity index (χ1n) is 20.7. The smallest absolute Gasteiger partial charge is 0.315 e. The Morgan fingerprint density at radius 1 is 1.03 bits per heavy atom. The summed E-state index contributed by atoms with van der Waals surface area (Å²) < 4.78 is 16.8. The third-order valence-electron chi connectivity index (χ3n) is 9.69. The number of carbonyl (C=O) groups is 5. The van der Waals surface area contributed by atoms with E-state index in [1.165, 1.54) is 17.4 Å². The van der Waals surface area contributed by atoms with Gasteiger partial charge in [0.15, 0.2) is 0 Å². The number of nitrogens with zero attached hydrogens (tertiary/aromatic N) is 1. The van der Waals surface area contributed by atoms with Crippen LogP contribution in [0.1, 0.15) is 89.3 Å². The molecule has 0 bridgehead atoms. The summed E-state index contributed by atoms with van der Waals surface area (Å²) in [5.74, 6) is 0.280. The van der Waals surface area contributed by atoms with Crippen LogP contribution < -0.4 is 26.6 Å². The number of carbonyl (C=O) groups excluding carboxylic acids is 5. The van der Waals surface area contributed by atoms with Crippen molar-refractivity contribution in [1.29, 1.82) is 0 Å². The lowest BCUT2D eigenvalue weighted by atomic mass is 9.95. The number of thioether (sulfide) groups is 1. The number of aldehydes is 1. The predicted octanol–water partition coefficient (Wildman–Crippen LogP) is 2.44. The van der Waals surface area contributed by atoms with Gasteiger partial charge in [0, 0.05) is 60.7 Å². The van der Waals surface area contributed by atoms with Gasteiger partial charge in [-0.25, -0.2) is 9.78 Å². The molecule has 2 fully saturated rings. The molecule has 3 unspecified atom stereocenters. The maximum absolute atomic E-state index is 13.0. The average molecular weight is 861 g/mol. The Bertz CT molecular complexity index is 1570. The first-order chi connectivity index (χ1) is 28.3. The lowest BCUT2D eigenvalue weighted by molar-refractivity contribution is -0.149. The molecule has 3 heterocycles. The van der Waals surface area contributed by atoms with E-state index in [9.17, 15) is 29.1 Å². The fourth-order valence-electron chi connectivity index (χ4n) is 6.87. The molecule has 0 aliphatic carbocycles. The van der Waals surface area contributed by atoms with E-state index in [-0.39, 0.29) is 66.9 Å². The van der Waals surface area contributed by atoms with Crippen molar-refractivity contribution in [2.45, 2.75) is 121 Å². The van der Waals surface area contributed by atoms with Crippen molar-refractivity contribution in [3.63, 3.8) is 0 Å². The lowest BCUT2D eigenvalue weighted by Crippen LogP contribution is -2.42. The SMILES string of the molecule is B/C(C)=C/C(O)Cc1nc([C@@H](C)C[C@H](CC(=O)OC(C)C/C(C)=C/C=C\C=O)NCC(=O)NCCOCCOCCNC(=O)CCCCC2SC[C@@H]3NC(=O)N[C@H]23)cs1. The van der Waals surface area contributed by atoms with Crippen LogP contribution in [0.4, 0.5) is 4.79 Å². The van der Waals surface area contributed by atoms with Crippen molar-refractivity contribution < 1.29 is 43.3 Å². The molecule has 1 aromatic heterocycles. The van der Waals surface area contributed by atoms with E-state index >= 15 is 0 Å². The van der Waals surface area contributed by atoms with Crippen molar-refractivity contribution in [2.75, 3.05) is 51.8 Å². The summed E-state index contributed by atoms with van der Waals surface area (Å²) in [4.78, 5) is 64.8. The zero-order valence-electron chi connectivity index (χ0n) is 35.3. The van der Waals surface area contributed by atoms with E-state index in [2.05, 4.69) is 26.6 Å². The molecule has 0 radical (unpaired) electrons. The minimum Gasteiger partial charge on any atom is -0.462 e. The Hall–Kier alpha value is -3.55. The molecule has 15 nitrogen and oxygen atoms in total. The Morgan fingerprint density at radius 2 is 1.76 bits per heavy atom. The van der Waals surface area contributed by atoms with E-state index < -0.39 is 6.10 Å². The summed E-state index contributed by atoms with van der Waals surface area (Å²) in [6, 6.07) is -0.0388. The molecule has 18 heteroatoms. The van der Waals surface area contributed by atoms with Gasteiger partial charge < -0.3 is 45.9 Å². The first-order valence-corrected chi connectivity index (χ1v) is 22.6. The van der Waals surface area contributed by atoms with Crippen molar-refractivity contribution in [1.82, 2.24) is 31.6 Å². The summed E-state index contributed by atoms with van der Waals surface area (Å²) in [6.45, 7) is 9.78. The zero-order valence-corrected chi connectivity index (χ0v) is 36.9. The Labute approximate surface area is 358 Å². The number of hydrogen-bond acceptors (Lipinski definition) is 13. The largest absolute Gasteiger partial charge is 0.462 e. The Balaban J connectivity index is 1.30. The zero-order chi connectivity index (χ0) is 43.0. The number of fused-ring (bicyclic) bond motifs is 1. The van der Waals surface area contributed by atoms with Gasteiger partial charge in [-0.3, -0.25) is 19.2 Å². The summed E-state index contributed by atoms with van der Waals surface area (Å²) in [6.07, 6.45) is 11.1. The highest BCUT2D eigenvalue weighted by Crippen LogP contribution is 2.33.